The third-order valence-electron chi connectivity index (χ3n) is 4.76. The zero-order valence-corrected chi connectivity index (χ0v) is 14.2. The van der Waals surface area contributed by atoms with E-state index in [0.29, 0.717) is 5.91 Å². The Kier molecular flexibility index (Phi) is 9.29. The summed E-state index contributed by atoms with van der Waals surface area (Å²) in [5, 5.41) is 6.51. The van der Waals surface area contributed by atoms with Crippen molar-refractivity contribution in [2.24, 2.45) is 11.8 Å². The van der Waals surface area contributed by atoms with Gasteiger partial charge in [0.25, 0.3) is 0 Å². The van der Waals surface area contributed by atoms with Gasteiger partial charge in [-0.05, 0) is 64.2 Å². The number of amides is 1. The number of unbranched alkanes of at least 4 members (excludes halogenated alkanes) is 1. The predicted molar refractivity (Wildman–Crippen MR) is 89.9 cm³/mol. The molecule has 0 saturated carbocycles. The molecule has 2 aliphatic rings. The van der Waals surface area contributed by atoms with Gasteiger partial charge in [-0.1, -0.05) is 13.3 Å². The molecule has 2 saturated heterocycles. The summed E-state index contributed by atoms with van der Waals surface area (Å²) in [6.07, 6.45) is 6.97. The Morgan fingerprint density at radius 2 is 1.86 bits per heavy atom. The molecule has 0 bridgehead atoms. The van der Waals surface area contributed by atoms with Crippen molar-refractivity contribution in [3.8, 4) is 0 Å². The number of piperidine rings is 2. The summed E-state index contributed by atoms with van der Waals surface area (Å²) in [6, 6.07) is 0. The Morgan fingerprint density at radius 3 is 2.48 bits per heavy atom. The summed E-state index contributed by atoms with van der Waals surface area (Å²) in [4.78, 5) is 14.6. The van der Waals surface area contributed by atoms with Crippen molar-refractivity contribution in [2.75, 3.05) is 39.3 Å². The minimum Gasteiger partial charge on any atom is -0.356 e. The second-order valence-electron chi connectivity index (χ2n) is 6.41. The molecule has 2 heterocycles. The molecule has 2 aliphatic heterocycles. The summed E-state index contributed by atoms with van der Waals surface area (Å²) in [6.45, 7) is 8.83. The number of carbonyl (C=O) groups excluding carboxylic acids is 1. The molecule has 2 rings (SSSR count). The van der Waals surface area contributed by atoms with E-state index in [-0.39, 0.29) is 18.3 Å². The summed E-state index contributed by atoms with van der Waals surface area (Å²) in [7, 11) is 0. The highest BCUT2D eigenvalue weighted by Gasteiger charge is 2.26. The second-order valence-corrected chi connectivity index (χ2v) is 6.41. The van der Waals surface area contributed by atoms with Gasteiger partial charge in [0, 0.05) is 19.0 Å². The minimum absolute atomic E-state index is 0. The third kappa shape index (κ3) is 6.54. The first kappa shape index (κ1) is 18.7. The Bertz CT molecular complexity index is 287. The van der Waals surface area contributed by atoms with Crippen LogP contribution in [0.5, 0.6) is 0 Å². The van der Waals surface area contributed by atoms with E-state index in [1.54, 1.807) is 0 Å². The van der Waals surface area contributed by atoms with E-state index in [1.165, 1.54) is 32.5 Å². The van der Waals surface area contributed by atoms with E-state index in [1.807, 2.05) is 0 Å². The maximum absolute atomic E-state index is 12.0. The predicted octanol–water partition coefficient (Wildman–Crippen LogP) is 2.04. The van der Waals surface area contributed by atoms with Gasteiger partial charge in [-0.3, -0.25) is 4.79 Å². The Balaban J connectivity index is 0.00000220. The number of nitrogens with one attached hydrogen (secondary N) is 2. The normalized spacial score (nSPS) is 21.8. The van der Waals surface area contributed by atoms with Gasteiger partial charge in [-0.15, -0.1) is 12.4 Å². The van der Waals surface area contributed by atoms with Crippen molar-refractivity contribution in [1.29, 1.82) is 0 Å². The molecule has 0 aliphatic carbocycles. The topological polar surface area (TPSA) is 44.4 Å². The molecule has 0 aromatic rings. The fraction of sp³-hybridized carbons (Fsp3) is 0.938. The first-order valence-corrected chi connectivity index (χ1v) is 8.50. The van der Waals surface area contributed by atoms with Gasteiger partial charge in [-0.25, -0.2) is 0 Å². The van der Waals surface area contributed by atoms with Crippen LogP contribution in [0.1, 0.15) is 45.4 Å². The van der Waals surface area contributed by atoms with E-state index in [0.717, 1.165) is 51.2 Å². The van der Waals surface area contributed by atoms with Crippen LogP contribution in [0.3, 0.4) is 0 Å². The van der Waals surface area contributed by atoms with Crippen molar-refractivity contribution in [3.05, 3.63) is 0 Å². The number of rotatable bonds is 6. The van der Waals surface area contributed by atoms with Crippen LogP contribution >= 0.6 is 12.4 Å². The maximum atomic E-state index is 12.0. The highest BCUT2D eigenvalue weighted by atomic mass is 35.5. The van der Waals surface area contributed by atoms with E-state index >= 15 is 0 Å². The molecule has 4 nitrogen and oxygen atoms in total. The number of hydrogen-bond acceptors (Lipinski definition) is 3. The van der Waals surface area contributed by atoms with Crippen molar-refractivity contribution in [1.82, 2.24) is 15.5 Å². The smallest absolute Gasteiger partial charge is 0.223 e. The lowest BCUT2D eigenvalue weighted by Gasteiger charge is -2.35. The van der Waals surface area contributed by atoms with Crippen molar-refractivity contribution in [2.45, 2.75) is 45.4 Å². The largest absolute Gasteiger partial charge is 0.356 e. The van der Waals surface area contributed by atoms with E-state index in [2.05, 4.69) is 22.5 Å². The second kappa shape index (κ2) is 10.4. The number of nitrogens with zero attached hydrogens (tertiary/aromatic N) is 1. The molecular weight excluding hydrogens is 286 g/mol. The van der Waals surface area contributed by atoms with Gasteiger partial charge in [0.1, 0.15) is 0 Å². The van der Waals surface area contributed by atoms with E-state index in [9.17, 15) is 4.79 Å². The summed E-state index contributed by atoms with van der Waals surface area (Å²) in [5.74, 6) is 1.42. The monoisotopic (exact) mass is 317 g/mol. The van der Waals surface area contributed by atoms with Gasteiger partial charge in [0.15, 0.2) is 0 Å². The molecule has 0 spiro atoms. The molecule has 124 valence electrons. The van der Waals surface area contributed by atoms with E-state index < -0.39 is 0 Å². The number of hydrogen-bond donors (Lipinski definition) is 2. The lowest BCUT2D eigenvalue weighted by Crippen LogP contribution is -2.43. The van der Waals surface area contributed by atoms with Gasteiger partial charge < -0.3 is 15.5 Å². The molecule has 0 aromatic heterocycles. The quantitative estimate of drug-likeness (QED) is 0.737. The fourth-order valence-electron chi connectivity index (χ4n) is 3.34. The average molecular weight is 318 g/mol. The number of carbonyl (C=O) groups is 1. The molecule has 0 aromatic carbocycles. The van der Waals surface area contributed by atoms with Crippen LogP contribution in [0.15, 0.2) is 0 Å². The van der Waals surface area contributed by atoms with Crippen molar-refractivity contribution < 1.29 is 4.79 Å². The first-order chi connectivity index (χ1) is 9.79. The molecular formula is C16H32ClN3O. The highest BCUT2D eigenvalue weighted by Crippen LogP contribution is 2.20. The lowest BCUT2D eigenvalue weighted by atomic mass is 9.93. The first-order valence-electron chi connectivity index (χ1n) is 8.50. The molecule has 0 unspecified atom stereocenters. The van der Waals surface area contributed by atoms with Crippen LogP contribution in [0.4, 0.5) is 0 Å². The maximum Gasteiger partial charge on any atom is 0.223 e. The Morgan fingerprint density at radius 1 is 1.19 bits per heavy atom. The fourth-order valence-corrected chi connectivity index (χ4v) is 3.34. The Labute approximate surface area is 135 Å². The van der Waals surface area contributed by atoms with Crippen LogP contribution in [0.25, 0.3) is 0 Å². The minimum atomic E-state index is 0. The average Bonchev–Trinajstić information content (AvgIpc) is 2.49. The SMILES string of the molecule is CCCCNC(=O)C1CCN(CC2CCNCC2)CC1.Cl. The highest BCUT2D eigenvalue weighted by molar-refractivity contribution is 5.85. The summed E-state index contributed by atoms with van der Waals surface area (Å²) in [5.41, 5.74) is 0. The zero-order valence-electron chi connectivity index (χ0n) is 13.4. The van der Waals surface area contributed by atoms with Gasteiger partial charge in [0.05, 0.1) is 0 Å². The molecule has 21 heavy (non-hydrogen) atoms. The van der Waals surface area contributed by atoms with E-state index in [4.69, 9.17) is 0 Å². The van der Waals surface area contributed by atoms with Crippen LogP contribution in [-0.4, -0.2) is 50.1 Å². The zero-order chi connectivity index (χ0) is 14.2. The van der Waals surface area contributed by atoms with Gasteiger partial charge in [-0.2, -0.15) is 0 Å². The molecule has 2 N–H and O–H groups in total. The van der Waals surface area contributed by atoms with Crippen LogP contribution in [-0.2, 0) is 4.79 Å². The number of likely N-dealkylation sites (tertiary alicyclic amines) is 1. The molecule has 1 amide bonds. The van der Waals surface area contributed by atoms with Gasteiger partial charge in [0.2, 0.25) is 5.91 Å². The molecule has 2 fully saturated rings. The standard InChI is InChI=1S/C16H31N3O.ClH/c1-2-3-8-18-16(20)15-6-11-19(12-7-15)13-14-4-9-17-10-5-14;/h14-15,17H,2-13H2,1H3,(H,18,20);1H. The molecule has 0 atom stereocenters. The van der Waals surface area contributed by atoms with Crippen LogP contribution in [0, 0.1) is 11.8 Å². The Hall–Kier alpha value is -0.320. The number of halogens is 1. The van der Waals surface area contributed by atoms with Crippen LogP contribution in [0.2, 0.25) is 0 Å². The third-order valence-corrected chi connectivity index (χ3v) is 4.76. The molecule has 5 heteroatoms. The van der Waals surface area contributed by atoms with Crippen molar-refractivity contribution in [3.63, 3.8) is 0 Å². The van der Waals surface area contributed by atoms with Crippen molar-refractivity contribution >= 4 is 18.3 Å². The molecule has 0 radical (unpaired) electrons. The lowest BCUT2D eigenvalue weighted by molar-refractivity contribution is -0.126. The summed E-state index contributed by atoms with van der Waals surface area (Å²) >= 11 is 0. The van der Waals surface area contributed by atoms with Gasteiger partial charge >= 0.3 is 0 Å². The summed E-state index contributed by atoms with van der Waals surface area (Å²) < 4.78 is 0. The van der Waals surface area contributed by atoms with Crippen LogP contribution < -0.4 is 10.6 Å².